The molecule has 108 valence electrons. The summed E-state index contributed by atoms with van der Waals surface area (Å²) in [6.07, 6.45) is 0.0510. The lowest BCUT2D eigenvalue weighted by molar-refractivity contribution is -0.142. The van der Waals surface area contributed by atoms with Gasteiger partial charge in [-0.05, 0) is 31.5 Å². The molecule has 5 heteroatoms. The van der Waals surface area contributed by atoms with E-state index in [1.165, 1.54) is 0 Å². The number of amides is 1. The van der Waals surface area contributed by atoms with Crippen molar-refractivity contribution in [1.29, 1.82) is 0 Å². The molecule has 0 spiro atoms. The number of nitrogens with zero attached hydrogens (tertiary/aromatic N) is 1. The first kappa shape index (κ1) is 14.4. The summed E-state index contributed by atoms with van der Waals surface area (Å²) < 4.78 is 5.18. The van der Waals surface area contributed by atoms with Gasteiger partial charge in [-0.15, -0.1) is 0 Å². The zero-order valence-electron chi connectivity index (χ0n) is 11.9. The average molecular weight is 277 g/mol. The largest absolute Gasteiger partial charge is 0.497 e. The van der Waals surface area contributed by atoms with Crippen molar-refractivity contribution in [1.82, 2.24) is 4.90 Å². The summed E-state index contributed by atoms with van der Waals surface area (Å²) in [7, 11) is 1.56. The monoisotopic (exact) mass is 277 g/mol. The van der Waals surface area contributed by atoms with Gasteiger partial charge in [-0.1, -0.05) is 12.1 Å². The van der Waals surface area contributed by atoms with Crippen molar-refractivity contribution in [3.63, 3.8) is 0 Å². The lowest BCUT2D eigenvalue weighted by Crippen LogP contribution is -2.36. The second-order valence-electron chi connectivity index (χ2n) is 5.27. The molecule has 1 fully saturated rings. The van der Waals surface area contributed by atoms with Crippen LogP contribution in [0.25, 0.3) is 0 Å². The minimum Gasteiger partial charge on any atom is -0.497 e. The van der Waals surface area contributed by atoms with E-state index in [1.54, 1.807) is 24.1 Å². The highest BCUT2D eigenvalue weighted by Gasteiger charge is 2.45. The van der Waals surface area contributed by atoms with Gasteiger partial charge >= 0.3 is 5.97 Å². The molecule has 1 aromatic carbocycles. The van der Waals surface area contributed by atoms with Gasteiger partial charge in [-0.3, -0.25) is 9.59 Å². The van der Waals surface area contributed by atoms with Crippen LogP contribution in [-0.2, 0) is 9.59 Å². The van der Waals surface area contributed by atoms with Crippen molar-refractivity contribution in [2.45, 2.75) is 32.4 Å². The number of ether oxygens (including phenoxy) is 1. The van der Waals surface area contributed by atoms with Crippen molar-refractivity contribution in [2.75, 3.05) is 7.11 Å². The smallest absolute Gasteiger partial charge is 0.309 e. The summed E-state index contributed by atoms with van der Waals surface area (Å²) in [5.41, 5.74) is 0.802. The summed E-state index contributed by atoms with van der Waals surface area (Å²) in [6, 6.07) is 6.79. The van der Waals surface area contributed by atoms with Gasteiger partial charge in [0.25, 0.3) is 0 Å². The zero-order chi connectivity index (χ0) is 14.9. The number of methoxy groups -OCH3 is 1. The Bertz CT molecular complexity index is 526. The van der Waals surface area contributed by atoms with Crippen molar-refractivity contribution in [3.05, 3.63) is 29.8 Å². The number of carbonyl (C=O) groups is 2. The van der Waals surface area contributed by atoms with Crippen LogP contribution < -0.4 is 4.74 Å². The molecule has 0 radical (unpaired) electrons. The number of carboxylic acid groups (broad SMARTS) is 1. The maximum Gasteiger partial charge on any atom is 0.309 e. The number of carbonyl (C=O) groups excluding carboxylic acids is 1. The maximum atomic E-state index is 12.1. The van der Waals surface area contributed by atoms with Gasteiger partial charge in [0.1, 0.15) is 5.75 Å². The SMILES string of the molecule is COc1cccc(C2C(C(=O)O)CC(=O)N2C(C)C)c1. The van der Waals surface area contributed by atoms with E-state index in [2.05, 4.69) is 0 Å². The van der Waals surface area contributed by atoms with Crippen molar-refractivity contribution in [3.8, 4) is 5.75 Å². The Morgan fingerprint density at radius 2 is 2.15 bits per heavy atom. The molecule has 2 rings (SSSR count). The van der Waals surface area contributed by atoms with Gasteiger partial charge in [-0.2, -0.15) is 0 Å². The third-order valence-electron chi connectivity index (χ3n) is 3.67. The lowest BCUT2D eigenvalue weighted by atomic mass is 9.93. The number of hydrogen-bond acceptors (Lipinski definition) is 3. The highest BCUT2D eigenvalue weighted by atomic mass is 16.5. The molecule has 1 aromatic rings. The van der Waals surface area contributed by atoms with Crippen LogP contribution in [0, 0.1) is 5.92 Å². The van der Waals surface area contributed by atoms with E-state index in [0.717, 1.165) is 5.56 Å². The Morgan fingerprint density at radius 1 is 1.45 bits per heavy atom. The van der Waals surface area contributed by atoms with Crippen LogP contribution in [0.4, 0.5) is 0 Å². The molecule has 0 saturated carbocycles. The molecule has 1 saturated heterocycles. The topological polar surface area (TPSA) is 66.8 Å². The fourth-order valence-corrected chi connectivity index (χ4v) is 2.80. The van der Waals surface area contributed by atoms with Crippen LogP contribution in [0.15, 0.2) is 24.3 Å². The van der Waals surface area contributed by atoms with Crippen LogP contribution in [-0.4, -0.2) is 35.0 Å². The maximum absolute atomic E-state index is 12.1. The molecular formula is C15H19NO4. The number of rotatable bonds is 4. The minimum absolute atomic E-state index is 0.0388. The van der Waals surface area contributed by atoms with Crippen LogP contribution in [0.3, 0.4) is 0 Å². The average Bonchev–Trinajstić information content (AvgIpc) is 2.76. The fourth-order valence-electron chi connectivity index (χ4n) is 2.80. The van der Waals surface area contributed by atoms with E-state index >= 15 is 0 Å². The van der Waals surface area contributed by atoms with Gasteiger partial charge in [-0.25, -0.2) is 0 Å². The molecule has 1 aliphatic heterocycles. The molecule has 2 atom stereocenters. The third kappa shape index (κ3) is 2.48. The summed E-state index contributed by atoms with van der Waals surface area (Å²) in [5, 5.41) is 9.38. The van der Waals surface area contributed by atoms with Gasteiger partial charge in [0, 0.05) is 12.5 Å². The first-order chi connectivity index (χ1) is 9.45. The summed E-state index contributed by atoms with van der Waals surface area (Å²) in [4.78, 5) is 25.2. The van der Waals surface area contributed by atoms with Crippen LogP contribution in [0.1, 0.15) is 31.9 Å². The molecule has 1 amide bonds. The third-order valence-corrected chi connectivity index (χ3v) is 3.67. The Labute approximate surface area is 118 Å². The summed E-state index contributed by atoms with van der Waals surface area (Å²) in [6.45, 7) is 3.80. The van der Waals surface area contributed by atoms with E-state index in [1.807, 2.05) is 26.0 Å². The molecule has 0 aromatic heterocycles. The number of likely N-dealkylation sites (tertiary alicyclic amines) is 1. The van der Waals surface area contributed by atoms with E-state index in [-0.39, 0.29) is 18.4 Å². The molecule has 1 aliphatic rings. The summed E-state index contributed by atoms with van der Waals surface area (Å²) >= 11 is 0. The Morgan fingerprint density at radius 3 is 2.70 bits per heavy atom. The molecule has 20 heavy (non-hydrogen) atoms. The van der Waals surface area contributed by atoms with Gasteiger partial charge in [0.15, 0.2) is 0 Å². The number of hydrogen-bond donors (Lipinski definition) is 1. The normalized spacial score (nSPS) is 22.4. The van der Waals surface area contributed by atoms with E-state index < -0.39 is 17.9 Å². The van der Waals surface area contributed by atoms with E-state index in [0.29, 0.717) is 5.75 Å². The molecule has 1 heterocycles. The summed E-state index contributed by atoms with van der Waals surface area (Å²) in [5.74, 6) is -1.10. The zero-order valence-corrected chi connectivity index (χ0v) is 11.9. The Balaban J connectivity index is 2.46. The standard InChI is InChI=1S/C15H19NO4/c1-9(2)16-13(17)8-12(15(18)19)14(16)10-5-4-6-11(7-10)20-3/h4-7,9,12,14H,8H2,1-3H3,(H,18,19). The van der Waals surface area contributed by atoms with Crippen molar-refractivity contribution >= 4 is 11.9 Å². The number of benzene rings is 1. The lowest BCUT2D eigenvalue weighted by Gasteiger charge is -2.30. The second kappa shape index (κ2) is 5.53. The highest BCUT2D eigenvalue weighted by molar-refractivity contribution is 5.87. The second-order valence-corrected chi connectivity index (χ2v) is 5.27. The van der Waals surface area contributed by atoms with Crippen LogP contribution in [0.5, 0.6) is 5.75 Å². The van der Waals surface area contributed by atoms with Gasteiger partial charge in [0.05, 0.1) is 19.1 Å². The number of aliphatic carboxylic acids is 1. The number of carboxylic acids is 1. The molecule has 1 N–H and O–H groups in total. The minimum atomic E-state index is -0.936. The van der Waals surface area contributed by atoms with Crippen LogP contribution >= 0.6 is 0 Å². The van der Waals surface area contributed by atoms with Gasteiger partial charge in [0.2, 0.25) is 5.91 Å². The van der Waals surface area contributed by atoms with Crippen molar-refractivity contribution in [2.24, 2.45) is 5.92 Å². The quantitative estimate of drug-likeness (QED) is 0.915. The fraction of sp³-hybridized carbons (Fsp3) is 0.467. The van der Waals surface area contributed by atoms with Gasteiger partial charge < -0.3 is 14.7 Å². The predicted octanol–water partition coefficient (Wildman–Crippen LogP) is 2.08. The molecule has 2 unspecified atom stereocenters. The first-order valence-electron chi connectivity index (χ1n) is 6.63. The first-order valence-corrected chi connectivity index (χ1v) is 6.63. The highest BCUT2D eigenvalue weighted by Crippen LogP contribution is 2.40. The molecule has 0 bridgehead atoms. The Kier molecular flexibility index (Phi) is 3.97. The van der Waals surface area contributed by atoms with E-state index in [4.69, 9.17) is 4.74 Å². The molecule has 5 nitrogen and oxygen atoms in total. The predicted molar refractivity (Wildman–Crippen MR) is 73.5 cm³/mol. The van der Waals surface area contributed by atoms with Crippen LogP contribution in [0.2, 0.25) is 0 Å². The van der Waals surface area contributed by atoms with E-state index in [9.17, 15) is 14.7 Å². The molecular weight excluding hydrogens is 258 g/mol. The Hall–Kier alpha value is -2.04. The van der Waals surface area contributed by atoms with Crippen molar-refractivity contribution < 1.29 is 19.4 Å². The molecule has 0 aliphatic carbocycles.